The molecule has 3 rings (SSSR count). The van der Waals surface area contributed by atoms with Crippen LogP contribution in [0.25, 0.3) is 10.9 Å². The molecule has 0 unspecified atom stereocenters. The van der Waals surface area contributed by atoms with Gasteiger partial charge in [0.2, 0.25) is 5.91 Å². The van der Waals surface area contributed by atoms with Crippen molar-refractivity contribution in [3.8, 4) is 0 Å². The van der Waals surface area contributed by atoms with Crippen LogP contribution >= 0.6 is 0 Å². The van der Waals surface area contributed by atoms with E-state index in [2.05, 4.69) is 9.97 Å². The molecular weight excluding hydrogens is 398 g/mol. The lowest BCUT2D eigenvalue weighted by Gasteiger charge is -2.24. The molecule has 166 valence electrons. The van der Waals surface area contributed by atoms with Crippen LogP contribution in [0, 0.1) is 5.92 Å². The molecule has 0 radical (unpaired) electrons. The highest BCUT2D eigenvalue weighted by molar-refractivity contribution is 5.96. The van der Waals surface area contributed by atoms with Crippen LogP contribution in [0.1, 0.15) is 25.8 Å². The number of hydrogen-bond donors (Lipinski definition) is 3. The molecule has 0 fully saturated rings. The Morgan fingerprint density at radius 2 is 2.00 bits per heavy atom. The van der Waals surface area contributed by atoms with E-state index in [-0.39, 0.29) is 42.9 Å². The normalized spacial score (nSPS) is 11.4. The average Bonchev–Trinajstić information content (AvgIpc) is 3.14. The topological polar surface area (TPSA) is 126 Å². The minimum Gasteiger partial charge on any atom is -0.383 e. The Balaban J connectivity index is 1.91. The van der Waals surface area contributed by atoms with Gasteiger partial charge in [-0.25, -0.2) is 4.79 Å². The van der Waals surface area contributed by atoms with E-state index in [0.29, 0.717) is 13.0 Å². The fourth-order valence-corrected chi connectivity index (χ4v) is 3.64. The van der Waals surface area contributed by atoms with Crippen LogP contribution in [-0.2, 0) is 22.5 Å². The minimum absolute atomic E-state index is 0.0128. The number of fused-ring (bicyclic) bond motifs is 1. The van der Waals surface area contributed by atoms with Gasteiger partial charge in [0.1, 0.15) is 5.82 Å². The van der Waals surface area contributed by atoms with E-state index in [9.17, 15) is 14.4 Å². The van der Waals surface area contributed by atoms with Crippen molar-refractivity contribution in [3.63, 3.8) is 0 Å². The lowest BCUT2D eigenvalue weighted by molar-refractivity contribution is -0.118. The van der Waals surface area contributed by atoms with E-state index in [1.165, 1.54) is 16.6 Å². The zero-order valence-electron chi connectivity index (χ0n) is 18.1. The van der Waals surface area contributed by atoms with Crippen molar-refractivity contribution in [2.75, 3.05) is 30.9 Å². The maximum Gasteiger partial charge on any atom is 0.330 e. The van der Waals surface area contributed by atoms with Gasteiger partial charge in [0.15, 0.2) is 5.69 Å². The summed E-state index contributed by atoms with van der Waals surface area (Å²) in [6.07, 6.45) is 2.56. The minimum atomic E-state index is -0.681. The Kier molecular flexibility index (Phi) is 6.96. The van der Waals surface area contributed by atoms with E-state index in [4.69, 9.17) is 10.5 Å². The van der Waals surface area contributed by atoms with Crippen molar-refractivity contribution < 1.29 is 9.53 Å². The van der Waals surface area contributed by atoms with Gasteiger partial charge in [-0.3, -0.25) is 19.1 Å². The van der Waals surface area contributed by atoms with Crippen LogP contribution in [-0.4, -0.2) is 40.7 Å². The second-order valence-corrected chi connectivity index (χ2v) is 7.90. The molecular formula is C22H29N5O4. The van der Waals surface area contributed by atoms with Gasteiger partial charge in [-0.15, -0.1) is 0 Å². The summed E-state index contributed by atoms with van der Waals surface area (Å²) in [7, 11) is 1.52. The van der Waals surface area contributed by atoms with Gasteiger partial charge in [0.05, 0.1) is 6.61 Å². The number of nitrogens with zero attached hydrogens (tertiary/aromatic N) is 2. The molecule has 2 aromatic heterocycles. The highest BCUT2D eigenvalue weighted by Crippen LogP contribution is 2.22. The lowest BCUT2D eigenvalue weighted by atomic mass is 10.1. The van der Waals surface area contributed by atoms with E-state index in [1.54, 1.807) is 0 Å². The fourth-order valence-electron chi connectivity index (χ4n) is 3.64. The average molecular weight is 428 g/mol. The number of methoxy groups -OCH3 is 1. The third kappa shape index (κ3) is 4.88. The molecule has 4 N–H and O–H groups in total. The van der Waals surface area contributed by atoms with Gasteiger partial charge >= 0.3 is 5.69 Å². The van der Waals surface area contributed by atoms with Gasteiger partial charge in [0, 0.05) is 43.7 Å². The first-order valence-electron chi connectivity index (χ1n) is 10.3. The number of benzene rings is 1. The van der Waals surface area contributed by atoms with Crippen molar-refractivity contribution in [2.45, 2.75) is 33.2 Å². The Labute approximate surface area is 179 Å². The first-order valence-corrected chi connectivity index (χ1v) is 10.3. The second-order valence-electron chi connectivity index (χ2n) is 7.90. The van der Waals surface area contributed by atoms with Gasteiger partial charge in [-0.05, 0) is 24.0 Å². The van der Waals surface area contributed by atoms with Crippen molar-refractivity contribution in [3.05, 3.63) is 56.9 Å². The number of rotatable bonds is 9. The Morgan fingerprint density at radius 1 is 1.26 bits per heavy atom. The maximum atomic E-state index is 13.2. The molecule has 31 heavy (non-hydrogen) atoms. The summed E-state index contributed by atoms with van der Waals surface area (Å²) in [5.41, 5.74) is 6.95. The number of ether oxygens (including phenoxy) is 1. The summed E-state index contributed by atoms with van der Waals surface area (Å²) in [4.78, 5) is 44.9. The Bertz CT molecular complexity index is 1170. The third-order valence-electron chi connectivity index (χ3n) is 5.13. The molecule has 9 heteroatoms. The first kappa shape index (κ1) is 22.4. The molecule has 0 saturated carbocycles. The van der Waals surface area contributed by atoms with Gasteiger partial charge in [-0.1, -0.05) is 32.0 Å². The van der Waals surface area contributed by atoms with E-state index in [0.717, 1.165) is 16.5 Å². The number of aromatic nitrogens is 3. The number of nitrogens with two attached hydrogens (primary N) is 1. The van der Waals surface area contributed by atoms with Gasteiger partial charge < -0.3 is 20.4 Å². The number of nitrogens with one attached hydrogen (secondary N) is 2. The van der Waals surface area contributed by atoms with E-state index >= 15 is 0 Å². The van der Waals surface area contributed by atoms with Crippen LogP contribution in [0.2, 0.25) is 0 Å². The highest BCUT2D eigenvalue weighted by atomic mass is 16.5. The molecule has 9 nitrogen and oxygen atoms in total. The second kappa shape index (κ2) is 9.65. The van der Waals surface area contributed by atoms with Crippen molar-refractivity contribution in [1.29, 1.82) is 0 Å². The number of hydrogen-bond acceptors (Lipinski definition) is 5. The zero-order valence-corrected chi connectivity index (χ0v) is 18.1. The molecule has 2 heterocycles. The summed E-state index contributed by atoms with van der Waals surface area (Å²) in [6.45, 7) is 4.57. The largest absolute Gasteiger partial charge is 0.383 e. The van der Waals surface area contributed by atoms with Crippen LogP contribution in [0.3, 0.4) is 0 Å². The molecule has 1 amide bonds. The number of para-hydroxylation sites is 1. The predicted octanol–water partition coefficient (Wildman–Crippen LogP) is 1.87. The van der Waals surface area contributed by atoms with E-state index < -0.39 is 11.2 Å². The van der Waals surface area contributed by atoms with Crippen LogP contribution in [0.4, 0.5) is 11.5 Å². The Morgan fingerprint density at radius 3 is 2.71 bits per heavy atom. The molecule has 1 aromatic carbocycles. The number of amides is 1. The number of H-pyrrole nitrogens is 2. The summed E-state index contributed by atoms with van der Waals surface area (Å²) >= 11 is 0. The zero-order chi connectivity index (χ0) is 22.5. The molecule has 0 saturated heterocycles. The van der Waals surface area contributed by atoms with Crippen molar-refractivity contribution in [1.82, 2.24) is 14.5 Å². The molecule has 3 aromatic rings. The molecule has 0 aliphatic rings. The van der Waals surface area contributed by atoms with Gasteiger partial charge in [-0.2, -0.15) is 0 Å². The van der Waals surface area contributed by atoms with Crippen molar-refractivity contribution >= 4 is 28.3 Å². The molecule has 0 spiro atoms. The van der Waals surface area contributed by atoms with Crippen LogP contribution in [0.5, 0.6) is 0 Å². The smallest absolute Gasteiger partial charge is 0.330 e. The SMILES string of the molecule is COCCN(C(=O)CCc1c[nH]c2ccccc12)c1c(N)n(CC(C)C)c(=O)[nH]c1=O. The third-order valence-corrected chi connectivity index (χ3v) is 5.13. The fraction of sp³-hybridized carbons (Fsp3) is 0.409. The maximum absolute atomic E-state index is 13.2. The van der Waals surface area contributed by atoms with Crippen LogP contribution in [0.15, 0.2) is 40.1 Å². The molecule has 0 aliphatic heterocycles. The number of anilines is 2. The molecule has 0 atom stereocenters. The standard InChI is InChI=1S/C22H29N5O4/c1-14(2)13-27-20(23)19(21(29)25-22(27)30)26(10-11-31-3)18(28)9-8-15-12-24-17-7-5-4-6-16(15)17/h4-7,12,14,24H,8-11,13,23H2,1-3H3,(H,25,29,30). The quantitative estimate of drug-likeness (QED) is 0.481. The van der Waals surface area contributed by atoms with Crippen LogP contribution < -0.4 is 21.9 Å². The summed E-state index contributed by atoms with van der Waals surface area (Å²) in [6, 6.07) is 7.87. The predicted molar refractivity (Wildman–Crippen MR) is 121 cm³/mol. The van der Waals surface area contributed by atoms with Crippen molar-refractivity contribution in [2.24, 2.45) is 5.92 Å². The lowest BCUT2D eigenvalue weighted by Crippen LogP contribution is -2.43. The number of aryl methyl sites for hydroxylation is 1. The Hall–Kier alpha value is -3.33. The summed E-state index contributed by atoms with van der Waals surface area (Å²) in [5, 5.41) is 1.06. The summed E-state index contributed by atoms with van der Waals surface area (Å²) < 4.78 is 6.43. The van der Waals surface area contributed by atoms with Gasteiger partial charge in [0.25, 0.3) is 5.56 Å². The molecule has 0 bridgehead atoms. The number of carbonyl (C=O) groups is 1. The summed E-state index contributed by atoms with van der Waals surface area (Å²) in [5.74, 6) is -0.156. The number of carbonyl (C=O) groups excluding carboxylic acids is 1. The van der Waals surface area contributed by atoms with E-state index in [1.807, 2.05) is 44.3 Å². The molecule has 0 aliphatic carbocycles. The highest BCUT2D eigenvalue weighted by Gasteiger charge is 2.24. The first-order chi connectivity index (χ1) is 14.8. The number of aromatic amines is 2. The number of nitrogen functional groups attached to an aromatic ring is 1. The monoisotopic (exact) mass is 427 g/mol.